The van der Waals surface area contributed by atoms with Gasteiger partial charge in [-0.1, -0.05) is 0 Å². The van der Waals surface area contributed by atoms with E-state index in [1.807, 2.05) is 0 Å². The van der Waals surface area contributed by atoms with Crippen molar-refractivity contribution in [3.63, 3.8) is 0 Å². The number of hydrogen-bond donors (Lipinski definition) is 0. The maximum absolute atomic E-state index is 10.9. The summed E-state index contributed by atoms with van der Waals surface area (Å²) < 4.78 is 11.2. The van der Waals surface area contributed by atoms with Crippen molar-refractivity contribution in [2.45, 2.75) is 13.8 Å². The molecule has 1 heterocycles. The van der Waals surface area contributed by atoms with Crippen molar-refractivity contribution in [3.05, 3.63) is 44.0 Å². The number of benzene rings is 1. The highest BCUT2D eigenvalue weighted by molar-refractivity contribution is 9.10. The quantitative estimate of drug-likeness (QED) is 0.616. The Hall–Kier alpha value is -2.22. The van der Waals surface area contributed by atoms with Crippen molar-refractivity contribution < 1.29 is 14.4 Å². The number of ether oxygens (including phenoxy) is 2. The number of aryl methyl sites for hydroxylation is 2. The van der Waals surface area contributed by atoms with Crippen molar-refractivity contribution >= 4 is 21.6 Å². The normalized spacial score (nSPS) is 10.3. The number of aromatic nitrogens is 2. The molecule has 8 heteroatoms. The van der Waals surface area contributed by atoms with Crippen LogP contribution in [0.4, 0.5) is 5.69 Å². The number of halogens is 1. The summed E-state index contributed by atoms with van der Waals surface area (Å²) in [5, 5.41) is 10.9. The summed E-state index contributed by atoms with van der Waals surface area (Å²) in [6.07, 6.45) is 1.51. The van der Waals surface area contributed by atoms with E-state index in [0.717, 1.165) is 0 Å². The van der Waals surface area contributed by atoms with Gasteiger partial charge >= 0.3 is 6.01 Å². The fourth-order valence-corrected chi connectivity index (χ4v) is 2.06. The van der Waals surface area contributed by atoms with Gasteiger partial charge in [0.1, 0.15) is 5.75 Å². The summed E-state index contributed by atoms with van der Waals surface area (Å²) in [6.45, 7) is 3.37. The Bertz CT molecular complexity index is 706. The molecule has 0 radical (unpaired) electrons. The topological polar surface area (TPSA) is 87.4 Å². The van der Waals surface area contributed by atoms with Gasteiger partial charge in [0.2, 0.25) is 5.88 Å². The number of rotatable bonds is 4. The average molecular weight is 354 g/mol. The third-order valence-corrected chi connectivity index (χ3v) is 3.32. The van der Waals surface area contributed by atoms with Gasteiger partial charge in [-0.25, -0.2) is 4.98 Å². The lowest BCUT2D eigenvalue weighted by molar-refractivity contribution is -0.385. The van der Waals surface area contributed by atoms with Crippen LogP contribution in [0.5, 0.6) is 17.6 Å². The predicted octanol–water partition coefficient (Wildman–Crippen LogP) is 3.57. The van der Waals surface area contributed by atoms with Crippen LogP contribution in [-0.2, 0) is 0 Å². The van der Waals surface area contributed by atoms with E-state index in [1.165, 1.54) is 19.4 Å². The smallest absolute Gasteiger partial charge is 0.325 e. The van der Waals surface area contributed by atoms with E-state index in [-0.39, 0.29) is 11.7 Å². The van der Waals surface area contributed by atoms with Crippen LogP contribution >= 0.6 is 15.9 Å². The molecule has 1 aromatic heterocycles. The maximum atomic E-state index is 10.9. The zero-order valence-electron chi connectivity index (χ0n) is 11.6. The molecule has 1 aromatic carbocycles. The molecular weight excluding hydrogens is 342 g/mol. The molecule has 0 fully saturated rings. The SMILES string of the molecule is COc1nc(Oc2cc(C)c([N+](=O)[O-])cc2C)ncc1Br. The molecule has 7 nitrogen and oxygen atoms in total. The van der Waals surface area contributed by atoms with Crippen molar-refractivity contribution in [1.29, 1.82) is 0 Å². The summed E-state index contributed by atoms with van der Waals surface area (Å²) in [7, 11) is 1.48. The third kappa shape index (κ3) is 3.27. The van der Waals surface area contributed by atoms with E-state index in [9.17, 15) is 10.1 Å². The highest BCUT2D eigenvalue weighted by atomic mass is 79.9. The second-order valence-corrected chi connectivity index (χ2v) is 5.13. The Balaban J connectivity index is 2.36. The largest absolute Gasteiger partial charge is 0.480 e. The van der Waals surface area contributed by atoms with E-state index in [0.29, 0.717) is 27.2 Å². The van der Waals surface area contributed by atoms with Crippen molar-refractivity contribution in [1.82, 2.24) is 9.97 Å². The fourth-order valence-electron chi connectivity index (χ4n) is 1.71. The van der Waals surface area contributed by atoms with Crippen molar-refractivity contribution in [2.75, 3.05) is 7.11 Å². The Morgan fingerprint density at radius 2 is 2.00 bits per heavy atom. The van der Waals surface area contributed by atoms with Crippen molar-refractivity contribution in [2.24, 2.45) is 0 Å². The van der Waals surface area contributed by atoms with Gasteiger partial charge in [-0.3, -0.25) is 10.1 Å². The zero-order valence-corrected chi connectivity index (χ0v) is 13.2. The molecule has 0 bridgehead atoms. The Kier molecular flexibility index (Phi) is 4.37. The van der Waals surface area contributed by atoms with E-state index in [2.05, 4.69) is 25.9 Å². The minimum atomic E-state index is -0.425. The monoisotopic (exact) mass is 353 g/mol. The summed E-state index contributed by atoms with van der Waals surface area (Å²) in [5.41, 5.74) is 1.18. The molecule has 110 valence electrons. The van der Waals surface area contributed by atoms with Crippen LogP contribution < -0.4 is 9.47 Å². The number of nitro benzene ring substituents is 1. The molecular formula is C13H12BrN3O4. The minimum absolute atomic E-state index is 0.0501. The average Bonchev–Trinajstić information content (AvgIpc) is 2.44. The maximum Gasteiger partial charge on any atom is 0.325 e. The molecule has 0 saturated heterocycles. The lowest BCUT2D eigenvalue weighted by atomic mass is 10.1. The molecule has 0 saturated carbocycles. The zero-order chi connectivity index (χ0) is 15.6. The molecule has 0 unspecified atom stereocenters. The van der Waals surface area contributed by atoms with Crippen LogP contribution in [0, 0.1) is 24.0 Å². The Morgan fingerprint density at radius 3 is 2.62 bits per heavy atom. The molecule has 0 aliphatic heterocycles. The summed E-state index contributed by atoms with van der Waals surface area (Å²) in [6, 6.07) is 3.15. The van der Waals surface area contributed by atoms with Gasteiger partial charge in [-0.05, 0) is 41.4 Å². The Morgan fingerprint density at radius 1 is 1.29 bits per heavy atom. The number of methoxy groups -OCH3 is 1. The molecule has 0 aliphatic carbocycles. The van der Waals surface area contributed by atoms with E-state index < -0.39 is 4.92 Å². The summed E-state index contributed by atoms with van der Waals surface area (Å²) in [5.74, 6) is 0.804. The highest BCUT2D eigenvalue weighted by Gasteiger charge is 2.15. The highest BCUT2D eigenvalue weighted by Crippen LogP contribution is 2.31. The first-order valence-corrected chi connectivity index (χ1v) is 6.71. The molecule has 0 spiro atoms. The van der Waals surface area contributed by atoms with Gasteiger partial charge in [-0.2, -0.15) is 4.98 Å². The van der Waals surface area contributed by atoms with Gasteiger partial charge in [0.15, 0.2) is 0 Å². The van der Waals surface area contributed by atoms with Gasteiger partial charge < -0.3 is 9.47 Å². The molecule has 0 amide bonds. The van der Waals surface area contributed by atoms with E-state index in [4.69, 9.17) is 9.47 Å². The standard InChI is InChI=1S/C13H12BrN3O4/c1-7-5-11(8(2)4-10(7)17(18)19)21-13-15-6-9(14)12(16-13)20-3/h4-6H,1-3H3. The second kappa shape index (κ2) is 6.04. The lowest BCUT2D eigenvalue weighted by Gasteiger charge is -2.09. The first-order valence-electron chi connectivity index (χ1n) is 5.92. The van der Waals surface area contributed by atoms with Gasteiger partial charge in [0.25, 0.3) is 5.69 Å². The molecule has 2 aromatic rings. The van der Waals surface area contributed by atoms with Gasteiger partial charge in [0, 0.05) is 11.6 Å². The van der Waals surface area contributed by atoms with Crippen LogP contribution in [-0.4, -0.2) is 22.0 Å². The van der Waals surface area contributed by atoms with Crippen LogP contribution in [0.15, 0.2) is 22.8 Å². The first kappa shape index (κ1) is 15.2. The third-order valence-electron chi connectivity index (χ3n) is 2.77. The first-order chi connectivity index (χ1) is 9.92. The minimum Gasteiger partial charge on any atom is -0.480 e. The number of nitrogens with zero attached hydrogens (tertiary/aromatic N) is 3. The van der Waals surface area contributed by atoms with Crippen LogP contribution in [0.2, 0.25) is 0 Å². The van der Waals surface area contributed by atoms with Crippen LogP contribution in [0.3, 0.4) is 0 Å². The fraction of sp³-hybridized carbons (Fsp3) is 0.231. The predicted molar refractivity (Wildman–Crippen MR) is 78.9 cm³/mol. The second-order valence-electron chi connectivity index (χ2n) is 4.27. The lowest BCUT2D eigenvalue weighted by Crippen LogP contribution is -1.99. The van der Waals surface area contributed by atoms with Gasteiger partial charge in [-0.15, -0.1) is 0 Å². The van der Waals surface area contributed by atoms with E-state index >= 15 is 0 Å². The molecule has 2 rings (SSSR count). The van der Waals surface area contributed by atoms with Crippen molar-refractivity contribution in [3.8, 4) is 17.6 Å². The van der Waals surface area contributed by atoms with Crippen LogP contribution in [0.1, 0.15) is 11.1 Å². The molecule has 0 aliphatic rings. The molecule has 21 heavy (non-hydrogen) atoms. The van der Waals surface area contributed by atoms with Crippen LogP contribution in [0.25, 0.3) is 0 Å². The Labute approximate surface area is 129 Å². The molecule has 0 atom stereocenters. The number of hydrogen-bond acceptors (Lipinski definition) is 6. The van der Waals surface area contributed by atoms with E-state index in [1.54, 1.807) is 19.9 Å². The number of nitro groups is 1. The molecule has 0 N–H and O–H groups in total. The summed E-state index contributed by atoms with van der Waals surface area (Å²) in [4.78, 5) is 18.6. The summed E-state index contributed by atoms with van der Waals surface area (Å²) >= 11 is 3.25. The van der Waals surface area contributed by atoms with Gasteiger partial charge in [0.05, 0.1) is 22.7 Å².